The van der Waals surface area contributed by atoms with Crippen molar-refractivity contribution in [2.24, 2.45) is 0 Å². The minimum absolute atomic E-state index is 0.844. The molecule has 1 aromatic rings. The summed E-state index contributed by atoms with van der Waals surface area (Å²) in [7, 11) is 0. The zero-order valence-electron chi connectivity index (χ0n) is 9.70. The van der Waals surface area contributed by atoms with E-state index in [1.54, 1.807) is 0 Å². The van der Waals surface area contributed by atoms with Crippen LogP contribution in [0.2, 0.25) is 0 Å². The lowest BCUT2D eigenvalue weighted by molar-refractivity contribution is 0.162. The lowest BCUT2D eigenvalue weighted by atomic mass is 10.1. The molecule has 0 aliphatic carbocycles. The Bertz CT molecular complexity index is 260. The maximum atomic E-state index is 4.83. The molecule has 15 heavy (non-hydrogen) atoms. The molecular formula is C14H20O. The first-order chi connectivity index (χ1) is 7.29. The van der Waals surface area contributed by atoms with E-state index >= 15 is 0 Å². The van der Waals surface area contributed by atoms with Crippen LogP contribution in [0.4, 0.5) is 0 Å². The van der Waals surface area contributed by atoms with Crippen LogP contribution in [0.3, 0.4) is 0 Å². The van der Waals surface area contributed by atoms with Crippen LogP contribution in [0.1, 0.15) is 25.0 Å². The molecule has 82 valence electrons. The minimum atomic E-state index is 0.844. The van der Waals surface area contributed by atoms with Crippen molar-refractivity contribution >= 4 is 12.2 Å². The molecule has 0 N–H and O–H groups in total. The molecule has 0 aliphatic heterocycles. The van der Waals surface area contributed by atoms with Gasteiger partial charge in [0.2, 0.25) is 0 Å². The van der Waals surface area contributed by atoms with Crippen LogP contribution in [0.15, 0.2) is 37.4 Å². The van der Waals surface area contributed by atoms with E-state index in [2.05, 4.69) is 13.2 Å². The van der Waals surface area contributed by atoms with E-state index in [-0.39, 0.29) is 0 Å². The molecule has 1 rings (SSSR count). The van der Waals surface area contributed by atoms with Gasteiger partial charge in [-0.15, -0.1) is 0 Å². The van der Waals surface area contributed by atoms with Crippen LogP contribution >= 0.6 is 0 Å². The van der Waals surface area contributed by atoms with Gasteiger partial charge >= 0.3 is 0 Å². The minimum Gasteiger partial charge on any atom is -0.382 e. The van der Waals surface area contributed by atoms with Crippen molar-refractivity contribution < 1.29 is 4.74 Å². The standard InChI is InChI=1S/C10H10.C4H10O/c1-3-9-7-5-6-8-10(9)4-2;1-3-5-4-2/h3-8H,1-2H2;3-4H2,1-2H3. The van der Waals surface area contributed by atoms with E-state index in [9.17, 15) is 0 Å². The Kier molecular flexibility index (Phi) is 8.40. The zero-order valence-corrected chi connectivity index (χ0v) is 9.70. The monoisotopic (exact) mass is 204 g/mol. The molecule has 1 heteroatoms. The van der Waals surface area contributed by atoms with E-state index in [0.717, 1.165) is 24.3 Å². The molecule has 0 heterocycles. The fourth-order valence-corrected chi connectivity index (χ4v) is 1.09. The first-order valence-electron chi connectivity index (χ1n) is 5.21. The number of hydrogen-bond acceptors (Lipinski definition) is 1. The van der Waals surface area contributed by atoms with E-state index in [4.69, 9.17) is 4.74 Å². The molecule has 0 atom stereocenters. The van der Waals surface area contributed by atoms with Gasteiger partial charge in [0, 0.05) is 13.2 Å². The van der Waals surface area contributed by atoms with Gasteiger partial charge in [0.25, 0.3) is 0 Å². The fourth-order valence-electron chi connectivity index (χ4n) is 1.09. The van der Waals surface area contributed by atoms with Crippen LogP contribution in [0.5, 0.6) is 0 Å². The van der Waals surface area contributed by atoms with Gasteiger partial charge in [-0.2, -0.15) is 0 Å². The molecule has 1 aromatic carbocycles. The first-order valence-corrected chi connectivity index (χ1v) is 5.21. The molecule has 0 radical (unpaired) electrons. The summed E-state index contributed by atoms with van der Waals surface area (Å²) in [6.07, 6.45) is 3.66. The third kappa shape index (κ3) is 5.87. The van der Waals surface area contributed by atoms with E-state index < -0.39 is 0 Å². The fraction of sp³-hybridized carbons (Fsp3) is 0.286. The normalized spacial score (nSPS) is 8.67. The highest BCUT2D eigenvalue weighted by Gasteiger charge is 1.89. The number of hydrogen-bond donors (Lipinski definition) is 0. The second-order valence-electron chi connectivity index (χ2n) is 2.82. The molecule has 0 amide bonds. The quantitative estimate of drug-likeness (QED) is 0.720. The molecule has 0 spiro atoms. The summed E-state index contributed by atoms with van der Waals surface area (Å²) in [5.41, 5.74) is 2.27. The van der Waals surface area contributed by atoms with Crippen LogP contribution in [0.25, 0.3) is 12.2 Å². The second kappa shape index (κ2) is 9.22. The zero-order chi connectivity index (χ0) is 11.5. The summed E-state index contributed by atoms with van der Waals surface area (Å²) in [5.74, 6) is 0. The van der Waals surface area contributed by atoms with Gasteiger partial charge in [0.05, 0.1) is 0 Å². The average molecular weight is 204 g/mol. The lowest BCUT2D eigenvalue weighted by Gasteiger charge is -1.96. The molecule has 0 saturated heterocycles. The summed E-state index contributed by atoms with van der Waals surface area (Å²) in [5, 5.41) is 0. The summed E-state index contributed by atoms with van der Waals surface area (Å²) < 4.78 is 4.83. The van der Waals surface area contributed by atoms with Crippen molar-refractivity contribution in [1.82, 2.24) is 0 Å². The third-order valence-electron chi connectivity index (χ3n) is 1.84. The topological polar surface area (TPSA) is 9.23 Å². The van der Waals surface area contributed by atoms with Gasteiger partial charge in [-0.05, 0) is 25.0 Å². The molecule has 0 aromatic heterocycles. The maximum absolute atomic E-state index is 4.83. The summed E-state index contributed by atoms with van der Waals surface area (Å²) in [6.45, 7) is 13.1. The lowest BCUT2D eigenvalue weighted by Crippen LogP contribution is -1.84. The van der Waals surface area contributed by atoms with Gasteiger partial charge in [-0.1, -0.05) is 49.6 Å². The van der Waals surface area contributed by atoms with E-state index in [1.165, 1.54) is 0 Å². The Morgan fingerprint density at radius 1 is 1.00 bits per heavy atom. The Hall–Kier alpha value is -1.34. The molecule has 0 fully saturated rings. The Labute approximate surface area is 93.1 Å². The van der Waals surface area contributed by atoms with Crippen molar-refractivity contribution in [3.05, 3.63) is 48.6 Å². The third-order valence-corrected chi connectivity index (χ3v) is 1.84. The van der Waals surface area contributed by atoms with Gasteiger partial charge in [0.1, 0.15) is 0 Å². The summed E-state index contributed by atoms with van der Waals surface area (Å²) >= 11 is 0. The van der Waals surface area contributed by atoms with Gasteiger partial charge < -0.3 is 4.74 Å². The Morgan fingerprint density at radius 2 is 1.40 bits per heavy atom. The van der Waals surface area contributed by atoms with Crippen LogP contribution < -0.4 is 0 Å². The Balaban J connectivity index is 0.000000336. The summed E-state index contributed by atoms with van der Waals surface area (Å²) in [4.78, 5) is 0. The van der Waals surface area contributed by atoms with Gasteiger partial charge in [-0.3, -0.25) is 0 Å². The Morgan fingerprint density at radius 3 is 1.60 bits per heavy atom. The van der Waals surface area contributed by atoms with Crippen molar-refractivity contribution in [2.75, 3.05) is 13.2 Å². The number of ether oxygens (including phenoxy) is 1. The predicted octanol–water partition coefficient (Wildman–Crippen LogP) is 4.02. The molecule has 0 bridgehead atoms. The molecule has 1 nitrogen and oxygen atoms in total. The van der Waals surface area contributed by atoms with Crippen LogP contribution in [-0.2, 0) is 4.74 Å². The summed E-state index contributed by atoms with van der Waals surface area (Å²) in [6, 6.07) is 8.02. The van der Waals surface area contributed by atoms with Crippen molar-refractivity contribution in [2.45, 2.75) is 13.8 Å². The number of benzene rings is 1. The van der Waals surface area contributed by atoms with Crippen molar-refractivity contribution in [1.29, 1.82) is 0 Å². The van der Waals surface area contributed by atoms with Gasteiger partial charge in [-0.25, -0.2) is 0 Å². The highest BCUT2D eigenvalue weighted by molar-refractivity contribution is 5.63. The maximum Gasteiger partial charge on any atom is 0.0437 e. The van der Waals surface area contributed by atoms with Crippen LogP contribution in [-0.4, -0.2) is 13.2 Å². The highest BCUT2D eigenvalue weighted by atomic mass is 16.5. The van der Waals surface area contributed by atoms with Crippen molar-refractivity contribution in [3.8, 4) is 0 Å². The largest absolute Gasteiger partial charge is 0.382 e. The molecular weight excluding hydrogens is 184 g/mol. The second-order valence-corrected chi connectivity index (χ2v) is 2.82. The van der Waals surface area contributed by atoms with Crippen molar-refractivity contribution in [3.63, 3.8) is 0 Å². The van der Waals surface area contributed by atoms with Gasteiger partial charge in [0.15, 0.2) is 0 Å². The predicted molar refractivity (Wildman–Crippen MR) is 68.8 cm³/mol. The molecule has 0 saturated carbocycles. The molecule has 0 unspecified atom stereocenters. The van der Waals surface area contributed by atoms with E-state index in [0.29, 0.717) is 0 Å². The van der Waals surface area contributed by atoms with E-state index in [1.807, 2.05) is 50.3 Å². The highest BCUT2D eigenvalue weighted by Crippen LogP contribution is 2.10. The smallest absolute Gasteiger partial charge is 0.0437 e. The first kappa shape index (κ1) is 13.7. The number of rotatable bonds is 4. The van der Waals surface area contributed by atoms with Crippen LogP contribution in [0, 0.1) is 0 Å². The SMILES string of the molecule is C=Cc1ccccc1C=C.CCOCC. The average Bonchev–Trinajstić information content (AvgIpc) is 2.31. The molecule has 0 aliphatic rings.